The number of rotatable bonds is 29. The Kier molecular flexibility index (Phi) is 23.7. The molecule has 53 heavy (non-hydrogen) atoms. The topological polar surface area (TPSA) is 176 Å². The van der Waals surface area contributed by atoms with Crippen LogP contribution in [-0.4, -0.2) is 132 Å². The summed E-state index contributed by atoms with van der Waals surface area (Å²) in [6.45, 7) is 20.2. The van der Waals surface area contributed by atoms with Crippen molar-refractivity contribution >= 4 is 17.9 Å². The lowest BCUT2D eigenvalue weighted by atomic mass is 10.0. The molecular weight excluding hydrogens is 684 g/mol. The number of ether oxygens (including phenoxy) is 4. The summed E-state index contributed by atoms with van der Waals surface area (Å²) in [5.74, 6) is -1.45. The van der Waals surface area contributed by atoms with Crippen molar-refractivity contribution in [3.05, 3.63) is 71.8 Å². The molecule has 0 aromatic heterocycles. The van der Waals surface area contributed by atoms with Gasteiger partial charge in [-0.25, -0.2) is 14.4 Å². The Balaban J connectivity index is 3.12. The molecule has 5 unspecified atom stereocenters. The van der Waals surface area contributed by atoms with Crippen LogP contribution in [0.1, 0.15) is 71.4 Å². The first-order chi connectivity index (χ1) is 25.0. The number of nitrogens with zero attached hydrogens (tertiary/aromatic N) is 2. The van der Waals surface area contributed by atoms with E-state index < -0.39 is 42.3 Å². The molecule has 5 atom stereocenters. The van der Waals surface area contributed by atoms with Crippen molar-refractivity contribution in [3.8, 4) is 0 Å². The molecule has 0 aliphatic rings. The van der Waals surface area contributed by atoms with E-state index in [0.29, 0.717) is 19.1 Å². The van der Waals surface area contributed by atoms with E-state index in [-0.39, 0.29) is 75.9 Å². The first-order valence-corrected chi connectivity index (χ1v) is 18.3. The van der Waals surface area contributed by atoms with Gasteiger partial charge in [-0.05, 0) is 44.2 Å². The number of unbranched alkanes of at least 4 members (excludes halogenated alkanes) is 1. The van der Waals surface area contributed by atoms with Gasteiger partial charge in [0.05, 0.1) is 12.7 Å². The number of aliphatic hydroxyl groups excluding tert-OH is 4. The molecule has 0 saturated heterocycles. The number of aliphatic hydroxyl groups is 4. The van der Waals surface area contributed by atoms with Crippen molar-refractivity contribution in [1.29, 1.82) is 0 Å². The Bertz CT molecular complexity index is 1260. The summed E-state index contributed by atoms with van der Waals surface area (Å²) in [6.07, 6.45) is 0.236. The molecule has 0 amide bonds. The standard InChI is InChI=1S/C40H64N2O11/c1-9-11-13-31(10-2)23-50-24-34(43)19-41(20-35(44)25-51-38(47)28(3)4)17-32-14-12-15-33(16-32)18-42(21-36(45)26-52-39(48)29(5)6)22-37(46)27-53-40(49)30(7)8/h12,14-16,31,34-37,43-46H,3,5,7,9-11,13,17-27H2,1-2,4,6,8H3. The quantitative estimate of drug-likeness (QED) is 0.0534. The minimum absolute atomic E-state index is 0.0178. The summed E-state index contributed by atoms with van der Waals surface area (Å²) < 4.78 is 21.3. The third-order valence-electron chi connectivity index (χ3n) is 8.15. The molecule has 0 heterocycles. The first-order valence-electron chi connectivity index (χ1n) is 18.3. The molecule has 1 aromatic rings. The number of esters is 3. The van der Waals surface area contributed by atoms with Crippen LogP contribution in [-0.2, 0) is 46.4 Å². The molecule has 1 rings (SSSR count). The van der Waals surface area contributed by atoms with E-state index in [1.165, 1.54) is 20.8 Å². The number of hydrogen-bond donors (Lipinski definition) is 4. The second-order valence-electron chi connectivity index (χ2n) is 13.9. The van der Waals surface area contributed by atoms with Gasteiger partial charge in [0.15, 0.2) is 0 Å². The highest BCUT2D eigenvalue weighted by Crippen LogP contribution is 2.15. The van der Waals surface area contributed by atoms with Gasteiger partial charge in [-0.3, -0.25) is 9.80 Å². The van der Waals surface area contributed by atoms with Gasteiger partial charge in [-0.15, -0.1) is 0 Å². The lowest BCUT2D eigenvalue weighted by Crippen LogP contribution is -2.41. The molecule has 13 heteroatoms. The smallest absolute Gasteiger partial charge is 0.333 e. The number of carbonyl (C=O) groups excluding carboxylic acids is 3. The maximum Gasteiger partial charge on any atom is 0.333 e. The molecular formula is C40H64N2O11. The number of benzene rings is 1. The summed E-state index contributed by atoms with van der Waals surface area (Å²) in [6, 6.07) is 7.55. The normalized spacial score (nSPS) is 14.2. The van der Waals surface area contributed by atoms with Crippen molar-refractivity contribution in [2.45, 2.75) is 97.8 Å². The molecule has 0 spiro atoms. The van der Waals surface area contributed by atoms with Gasteiger partial charge in [-0.2, -0.15) is 0 Å². The molecule has 300 valence electrons. The lowest BCUT2D eigenvalue weighted by Gasteiger charge is -2.29. The average Bonchev–Trinajstić information content (AvgIpc) is 3.09. The molecule has 0 saturated carbocycles. The maximum atomic E-state index is 11.9. The second kappa shape index (κ2) is 26.4. The van der Waals surface area contributed by atoms with E-state index >= 15 is 0 Å². The molecule has 0 aliphatic carbocycles. The van der Waals surface area contributed by atoms with Crippen LogP contribution in [0, 0.1) is 5.92 Å². The highest BCUT2D eigenvalue weighted by Gasteiger charge is 2.21. The highest BCUT2D eigenvalue weighted by atomic mass is 16.6. The summed E-state index contributed by atoms with van der Waals surface area (Å²) >= 11 is 0. The van der Waals surface area contributed by atoms with Crippen LogP contribution >= 0.6 is 0 Å². The van der Waals surface area contributed by atoms with Gasteiger partial charge in [-0.1, -0.05) is 77.1 Å². The largest absolute Gasteiger partial charge is 0.460 e. The van der Waals surface area contributed by atoms with E-state index in [1.54, 1.807) is 4.90 Å². The predicted octanol–water partition coefficient (Wildman–Crippen LogP) is 3.33. The zero-order chi connectivity index (χ0) is 39.9. The second-order valence-corrected chi connectivity index (χ2v) is 13.9. The Labute approximate surface area is 315 Å². The summed E-state index contributed by atoms with van der Waals surface area (Å²) in [5.41, 5.74) is 2.28. The van der Waals surface area contributed by atoms with E-state index in [9.17, 15) is 34.8 Å². The summed E-state index contributed by atoms with van der Waals surface area (Å²) in [4.78, 5) is 39.3. The van der Waals surface area contributed by atoms with Crippen molar-refractivity contribution in [3.63, 3.8) is 0 Å². The predicted molar refractivity (Wildman–Crippen MR) is 202 cm³/mol. The van der Waals surface area contributed by atoms with Crippen LogP contribution in [0.2, 0.25) is 0 Å². The number of carbonyl (C=O) groups is 3. The van der Waals surface area contributed by atoms with Gasteiger partial charge in [0.1, 0.15) is 38.1 Å². The zero-order valence-corrected chi connectivity index (χ0v) is 32.5. The molecule has 0 fully saturated rings. The van der Waals surface area contributed by atoms with Crippen LogP contribution in [0.3, 0.4) is 0 Å². The van der Waals surface area contributed by atoms with E-state index in [1.807, 2.05) is 29.2 Å². The molecule has 1 aromatic carbocycles. The minimum Gasteiger partial charge on any atom is -0.460 e. The molecule has 4 N–H and O–H groups in total. The molecule has 0 radical (unpaired) electrons. The minimum atomic E-state index is -1.09. The van der Waals surface area contributed by atoms with E-state index in [0.717, 1.165) is 36.8 Å². The molecule has 0 bridgehead atoms. The van der Waals surface area contributed by atoms with Gasteiger partial charge in [0.25, 0.3) is 0 Å². The number of hydrogen-bond acceptors (Lipinski definition) is 13. The Morgan fingerprint density at radius 2 is 1.02 bits per heavy atom. The van der Waals surface area contributed by atoms with Crippen LogP contribution < -0.4 is 0 Å². The van der Waals surface area contributed by atoms with Crippen molar-refractivity contribution in [1.82, 2.24) is 9.80 Å². The third-order valence-corrected chi connectivity index (χ3v) is 8.15. The SMILES string of the molecule is C=C(C)C(=O)OCC(O)CN(Cc1cccc(CN(CC(O)COC(=O)C(=C)C)CC(O)COC(=O)C(=C)C)c1)CC(O)COCC(CC)CCCC. The van der Waals surface area contributed by atoms with Crippen LogP contribution in [0.15, 0.2) is 60.7 Å². The van der Waals surface area contributed by atoms with Crippen LogP contribution in [0.5, 0.6) is 0 Å². The van der Waals surface area contributed by atoms with Crippen molar-refractivity contribution in [2.75, 3.05) is 59.2 Å². The molecule has 13 nitrogen and oxygen atoms in total. The Morgan fingerprint density at radius 3 is 1.36 bits per heavy atom. The third kappa shape index (κ3) is 21.8. The molecule has 0 aliphatic heterocycles. The van der Waals surface area contributed by atoms with Crippen molar-refractivity contribution in [2.24, 2.45) is 5.92 Å². The fourth-order valence-electron chi connectivity index (χ4n) is 5.31. The average molecular weight is 749 g/mol. The van der Waals surface area contributed by atoms with Gasteiger partial charge < -0.3 is 39.4 Å². The zero-order valence-electron chi connectivity index (χ0n) is 32.5. The van der Waals surface area contributed by atoms with E-state index in [2.05, 4.69) is 33.6 Å². The Morgan fingerprint density at radius 1 is 0.642 bits per heavy atom. The summed E-state index contributed by atoms with van der Waals surface area (Å²) in [7, 11) is 0. The fourth-order valence-corrected chi connectivity index (χ4v) is 5.31. The van der Waals surface area contributed by atoms with E-state index in [4.69, 9.17) is 18.9 Å². The summed E-state index contributed by atoms with van der Waals surface area (Å²) in [5, 5.41) is 43.1. The maximum absolute atomic E-state index is 11.9. The van der Waals surface area contributed by atoms with Gasteiger partial charge in [0, 0.05) is 62.6 Å². The van der Waals surface area contributed by atoms with Crippen molar-refractivity contribution < 1.29 is 53.8 Å². The van der Waals surface area contributed by atoms with Gasteiger partial charge in [0.2, 0.25) is 0 Å². The van der Waals surface area contributed by atoms with Crippen LogP contribution in [0.4, 0.5) is 0 Å². The van der Waals surface area contributed by atoms with Gasteiger partial charge >= 0.3 is 17.9 Å². The first kappa shape index (κ1) is 47.6. The Hall–Kier alpha value is -3.43. The lowest BCUT2D eigenvalue weighted by molar-refractivity contribution is -0.143. The van der Waals surface area contributed by atoms with Crippen LogP contribution in [0.25, 0.3) is 0 Å². The monoisotopic (exact) mass is 748 g/mol. The fraction of sp³-hybridized carbons (Fsp3) is 0.625. The highest BCUT2D eigenvalue weighted by molar-refractivity contribution is 5.87.